The average Bonchev–Trinajstić information content (AvgIpc) is 2.92. The van der Waals surface area contributed by atoms with Gasteiger partial charge in [0.15, 0.2) is 5.69 Å². The van der Waals surface area contributed by atoms with E-state index in [0.717, 1.165) is 0 Å². The van der Waals surface area contributed by atoms with Crippen LogP contribution in [0, 0.1) is 0 Å². The molecule has 0 aliphatic heterocycles. The summed E-state index contributed by atoms with van der Waals surface area (Å²) in [5.41, 5.74) is 5.63. The first kappa shape index (κ1) is 13.6. The number of aromatic nitrogens is 4. The summed E-state index contributed by atoms with van der Waals surface area (Å²) >= 11 is 0. The molecule has 0 unspecified atom stereocenters. The molecule has 1 amide bonds. The Morgan fingerprint density at radius 3 is 2.65 bits per heavy atom. The number of nitrogens with zero attached hydrogens (tertiary/aromatic N) is 4. The minimum atomic E-state index is -1.21. The minimum Gasteiger partial charge on any atom is -0.476 e. The number of aryl methyl sites for hydroxylation is 2. The number of amides is 1. The maximum absolute atomic E-state index is 12.1. The highest BCUT2D eigenvalue weighted by Crippen LogP contribution is 2.16. The Hall–Kier alpha value is -2.84. The molecule has 2 rings (SSSR count). The quantitative estimate of drug-likeness (QED) is 0.731. The van der Waals surface area contributed by atoms with Gasteiger partial charge in [-0.25, -0.2) is 4.79 Å². The van der Waals surface area contributed by atoms with Gasteiger partial charge in [-0.3, -0.25) is 14.2 Å². The number of rotatable bonds is 4. The molecule has 4 N–H and O–H groups in total. The summed E-state index contributed by atoms with van der Waals surface area (Å²) in [6.45, 7) is 2.31. The molecule has 0 aliphatic carbocycles. The fraction of sp³-hybridized carbons (Fsp3) is 0.273. The highest BCUT2D eigenvalue weighted by molar-refractivity contribution is 6.06. The van der Waals surface area contributed by atoms with Crippen molar-refractivity contribution in [3.63, 3.8) is 0 Å². The first-order valence-electron chi connectivity index (χ1n) is 5.84. The summed E-state index contributed by atoms with van der Waals surface area (Å²) in [7, 11) is 1.57. The zero-order valence-corrected chi connectivity index (χ0v) is 11.0. The summed E-state index contributed by atoms with van der Waals surface area (Å²) in [5.74, 6) is -1.51. The van der Waals surface area contributed by atoms with E-state index in [0.29, 0.717) is 6.54 Å². The fourth-order valence-electron chi connectivity index (χ4n) is 1.72. The molecule has 2 aromatic rings. The molecule has 0 fully saturated rings. The molecule has 0 spiro atoms. The number of nitrogens with one attached hydrogen (secondary N) is 1. The number of hydrogen-bond acceptors (Lipinski definition) is 5. The Morgan fingerprint density at radius 2 is 2.15 bits per heavy atom. The third-order valence-electron chi connectivity index (χ3n) is 2.67. The molecular weight excluding hydrogens is 264 g/mol. The van der Waals surface area contributed by atoms with Gasteiger partial charge in [0, 0.05) is 25.9 Å². The van der Waals surface area contributed by atoms with Crippen LogP contribution in [0.4, 0.5) is 11.5 Å². The molecule has 0 saturated carbocycles. The van der Waals surface area contributed by atoms with Gasteiger partial charge in [-0.2, -0.15) is 10.2 Å². The predicted molar refractivity (Wildman–Crippen MR) is 70.4 cm³/mol. The van der Waals surface area contributed by atoms with E-state index in [-0.39, 0.29) is 22.9 Å². The van der Waals surface area contributed by atoms with Gasteiger partial charge in [-0.15, -0.1) is 0 Å². The van der Waals surface area contributed by atoms with E-state index in [1.54, 1.807) is 7.05 Å². The zero-order valence-electron chi connectivity index (χ0n) is 11.0. The Kier molecular flexibility index (Phi) is 3.42. The van der Waals surface area contributed by atoms with Crippen LogP contribution in [0.1, 0.15) is 27.9 Å². The number of aromatic carboxylic acids is 1. The second-order valence-corrected chi connectivity index (χ2v) is 4.08. The molecule has 9 nitrogen and oxygen atoms in total. The molecule has 0 radical (unpaired) electrons. The molecule has 0 atom stereocenters. The lowest BCUT2D eigenvalue weighted by Crippen LogP contribution is -2.17. The van der Waals surface area contributed by atoms with Crippen molar-refractivity contribution in [2.24, 2.45) is 7.05 Å². The van der Waals surface area contributed by atoms with Crippen LogP contribution in [0.25, 0.3) is 0 Å². The highest BCUT2D eigenvalue weighted by atomic mass is 16.4. The molecule has 0 aliphatic rings. The van der Waals surface area contributed by atoms with E-state index in [4.69, 9.17) is 10.8 Å². The molecule has 0 bridgehead atoms. The maximum atomic E-state index is 12.1. The van der Waals surface area contributed by atoms with E-state index in [1.165, 1.54) is 21.6 Å². The Balaban J connectivity index is 2.30. The number of anilines is 2. The first-order valence-corrected chi connectivity index (χ1v) is 5.84. The molecule has 20 heavy (non-hydrogen) atoms. The van der Waals surface area contributed by atoms with Crippen LogP contribution >= 0.6 is 0 Å². The standard InChI is InChI=1S/C11H14N6O3/c1-3-17-5-6(9(15-17)11(19)20)13-10(18)7-4-8(12)14-16(7)2/h4-5H,3H2,1-2H3,(H2,12,14)(H,13,18)(H,19,20). The van der Waals surface area contributed by atoms with E-state index in [1.807, 2.05) is 6.92 Å². The fourth-order valence-corrected chi connectivity index (χ4v) is 1.72. The van der Waals surface area contributed by atoms with Gasteiger partial charge in [0.1, 0.15) is 11.5 Å². The molecule has 2 aromatic heterocycles. The minimum absolute atomic E-state index is 0.129. The van der Waals surface area contributed by atoms with E-state index in [9.17, 15) is 9.59 Å². The smallest absolute Gasteiger partial charge is 0.358 e. The van der Waals surface area contributed by atoms with Crippen molar-refractivity contribution >= 4 is 23.4 Å². The molecule has 0 saturated heterocycles. The molecular formula is C11H14N6O3. The van der Waals surface area contributed by atoms with E-state index in [2.05, 4.69) is 15.5 Å². The number of nitrogen functional groups attached to an aromatic ring is 1. The lowest BCUT2D eigenvalue weighted by atomic mass is 10.3. The number of carbonyl (C=O) groups excluding carboxylic acids is 1. The van der Waals surface area contributed by atoms with E-state index >= 15 is 0 Å². The lowest BCUT2D eigenvalue weighted by molar-refractivity contribution is 0.0690. The van der Waals surface area contributed by atoms with Crippen molar-refractivity contribution in [3.05, 3.63) is 23.7 Å². The summed E-state index contributed by atoms with van der Waals surface area (Å²) in [5, 5.41) is 19.3. The molecule has 2 heterocycles. The number of carbonyl (C=O) groups is 2. The number of carboxylic acid groups (broad SMARTS) is 1. The summed E-state index contributed by atoms with van der Waals surface area (Å²) in [6.07, 6.45) is 1.46. The van der Waals surface area contributed by atoms with Crippen molar-refractivity contribution in [1.29, 1.82) is 0 Å². The summed E-state index contributed by atoms with van der Waals surface area (Å²) < 4.78 is 2.74. The first-order chi connectivity index (χ1) is 9.42. The monoisotopic (exact) mass is 278 g/mol. The topological polar surface area (TPSA) is 128 Å². The second-order valence-electron chi connectivity index (χ2n) is 4.08. The highest BCUT2D eigenvalue weighted by Gasteiger charge is 2.20. The largest absolute Gasteiger partial charge is 0.476 e. The number of hydrogen-bond donors (Lipinski definition) is 3. The normalized spacial score (nSPS) is 10.5. The van der Waals surface area contributed by atoms with Crippen LogP contribution in [-0.4, -0.2) is 36.5 Å². The van der Waals surface area contributed by atoms with Crippen LogP contribution in [0.5, 0.6) is 0 Å². The van der Waals surface area contributed by atoms with Gasteiger partial charge in [-0.05, 0) is 6.92 Å². The molecule has 106 valence electrons. The van der Waals surface area contributed by atoms with Gasteiger partial charge >= 0.3 is 5.97 Å². The van der Waals surface area contributed by atoms with Gasteiger partial charge in [0.2, 0.25) is 0 Å². The van der Waals surface area contributed by atoms with Crippen LogP contribution in [0.2, 0.25) is 0 Å². The maximum Gasteiger partial charge on any atom is 0.358 e. The average molecular weight is 278 g/mol. The predicted octanol–water partition coefficient (Wildman–Crippen LogP) is 0.169. The van der Waals surface area contributed by atoms with Gasteiger partial charge in [-0.1, -0.05) is 0 Å². The van der Waals surface area contributed by atoms with Crippen molar-refractivity contribution in [1.82, 2.24) is 19.6 Å². The Bertz CT molecular complexity index is 672. The van der Waals surface area contributed by atoms with Crippen LogP contribution in [0.15, 0.2) is 12.3 Å². The Morgan fingerprint density at radius 1 is 1.45 bits per heavy atom. The van der Waals surface area contributed by atoms with Crippen molar-refractivity contribution in [3.8, 4) is 0 Å². The number of nitrogens with two attached hydrogens (primary N) is 1. The van der Waals surface area contributed by atoms with Crippen LogP contribution in [0.3, 0.4) is 0 Å². The van der Waals surface area contributed by atoms with Gasteiger partial charge in [0.05, 0.1) is 5.69 Å². The Labute approximate surface area is 114 Å². The second kappa shape index (κ2) is 5.03. The third-order valence-corrected chi connectivity index (χ3v) is 2.67. The van der Waals surface area contributed by atoms with Crippen LogP contribution in [-0.2, 0) is 13.6 Å². The SMILES string of the molecule is CCn1cc(NC(=O)c2cc(N)nn2C)c(C(=O)O)n1. The summed E-state index contributed by atoms with van der Waals surface area (Å²) in [6, 6.07) is 1.40. The van der Waals surface area contributed by atoms with Crippen molar-refractivity contribution in [2.45, 2.75) is 13.5 Å². The van der Waals surface area contributed by atoms with Gasteiger partial charge in [0.25, 0.3) is 5.91 Å². The van der Waals surface area contributed by atoms with Crippen LogP contribution < -0.4 is 11.1 Å². The van der Waals surface area contributed by atoms with Crippen molar-refractivity contribution in [2.75, 3.05) is 11.1 Å². The molecule has 0 aromatic carbocycles. The van der Waals surface area contributed by atoms with E-state index < -0.39 is 11.9 Å². The third kappa shape index (κ3) is 2.46. The van der Waals surface area contributed by atoms with Gasteiger partial charge < -0.3 is 16.2 Å². The summed E-state index contributed by atoms with van der Waals surface area (Å²) in [4.78, 5) is 23.1. The van der Waals surface area contributed by atoms with Crippen molar-refractivity contribution < 1.29 is 14.7 Å². The molecule has 9 heteroatoms. The lowest BCUT2D eigenvalue weighted by Gasteiger charge is -2.03. The number of carboxylic acids is 1. The zero-order chi connectivity index (χ0) is 14.9.